The molecule has 1 amide bonds. The van der Waals surface area contributed by atoms with Crippen molar-refractivity contribution >= 4 is 5.91 Å². The van der Waals surface area contributed by atoms with Crippen LogP contribution in [0.5, 0.6) is 0 Å². The average Bonchev–Trinajstić information content (AvgIpc) is 3.01. The van der Waals surface area contributed by atoms with E-state index in [0.29, 0.717) is 39.1 Å². The molecule has 0 saturated carbocycles. The fourth-order valence-corrected chi connectivity index (χ4v) is 3.92. The van der Waals surface area contributed by atoms with E-state index in [1.54, 1.807) is 0 Å². The van der Waals surface area contributed by atoms with Crippen molar-refractivity contribution < 1.29 is 9.53 Å². The minimum absolute atomic E-state index is 0.0383. The lowest BCUT2D eigenvalue weighted by Gasteiger charge is -2.38. The van der Waals surface area contributed by atoms with Crippen LogP contribution in [0.15, 0.2) is 0 Å². The molecule has 0 spiro atoms. The predicted molar refractivity (Wildman–Crippen MR) is 95.0 cm³/mol. The number of nitriles is 1. The van der Waals surface area contributed by atoms with Crippen LogP contribution in [-0.4, -0.2) is 70.9 Å². The number of aromatic nitrogens is 3. The van der Waals surface area contributed by atoms with Crippen molar-refractivity contribution in [2.24, 2.45) is 12.5 Å². The molecule has 3 rings (SSSR count). The molecule has 2 saturated heterocycles. The molecule has 0 aromatic carbocycles. The van der Waals surface area contributed by atoms with Crippen LogP contribution in [0.2, 0.25) is 0 Å². The molecule has 3 heterocycles. The van der Waals surface area contributed by atoms with Crippen LogP contribution in [-0.2, 0) is 23.1 Å². The number of rotatable bonds is 4. The van der Waals surface area contributed by atoms with Gasteiger partial charge in [-0.1, -0.05) is 0 Å². The van der Waals surface area contributed by atoms with Gasteiger partial charge in [0.25, 0.3) is 0 Å². The minimum Gasteiger partial charge on any atom is -0.381 e. The highest BCUT2D eigenvalue weighted by atomic mass is 16.5. The Labute approximate surface area is 154 Å². The normalized spacial score (nSPS) is 23.0. The van der Waals surface area contributed by atoms with Gasteiger partial charge in [0.1, 0.15) is 17.1 Å². The first kappa shape index (κ1) is 18.8. The summed E-state index contributed by atoms with van der Waals surface area (Å²) < 4.78 is 7.41. The molecular weight excluding hydrogens is 332 g/mol. The summed E-state index contributed by atoms with van der Waals surface area (Å²) in [6.07, 6.45) is 2.88. The van der Waals surface area contributed by atoms with E-state index < -0.39 is 5.41 Å². The van der Waals surface area contributed by atoms with Gasteiger partial charge in [0.05, 0.1) is 12.6 Å². The second kappa shape index (κ2) is 7.72. The fourth-order valence-electron chi connectivity index (χ4n) is 3.92. The third-order valence-corrected chi connectivity index (χ3v) is 5.50. The van der Waals surface area contributed by atoms with Gasteiger partial charge >= 0.3 is 0 Å². The summed E-state index contributed by atoms with van der Waals surface area (Å²) in [5.74, 6) is 1.98. The SMILES string of the molecule is CN(C)Cc1nnc([C@H]2CCCN(C(=O)C3(C#N)CCOCC3)C2)n1C. The van der Waals surface area contributed by atoms with Crippen molar-refractivity contribution in [2.75, 3.05) is 40.4 Å². The minimum atomic E-state index is -0.921. The van der Waals surface area contributed by atoms with Gasteiger partial charge in [-0.3, -0.25) is 4.79 Å². The number of amides is 1. The van der Waals surface area contributed by atoms with Gasteiger partial charge in [-0.25, -0.2) is 0 Å². The maximum absolute atomic E-state index is 13.1. The summed E-state index contributed by atoms with van der Waals surface area (Å²) in [7, 11) is 6.00. The number of hydrogen-bond acceptors (Lipinski definition) is 6. The van der Waals surface area contributed by atoms with Crippen LogP contribution in [0.25, 0.3) is 0 Å². The second-order valence-electron chi connectivity index (χ2n) is 7.67. The van der Waals surface area contributed by atoms with Crippen LogP contribution < -0.4 is 0 Å². The number of carbonyl (C=O) groups excluding carboxylic acids is 1. The van der Waals surface area contributed by atoms with Gasteiger partial charge in [-0.2, -0.15) is 5.26 Å². The quantitative estimate of drug-likeness (QED) is 0.793. The van der Waals surface area contributed by atoms with Crippen molar-refractivity contribution in [1.82, 2.24) is 24.6 Å². The molecule has 1 aromatic rings. The summed E-state index contributed by atoms with van der Waals surface area (Å²) in [4.78, 5) is 17.0. The highest BCUT2D eigenvalue weighted by Crippen LogP contribution is 2.35. The van der Waals surface area contributed by atoms with Crippen molar-refractivity contribution in [3.8, 4) is 6.07 Å². The Morgan fingerprint density at radius 3 is 2.77 bits per heavy atom. The molecular formula is C18H28N6O2. The van der Waals surface area contributed by atoms with E-state index in [4.69, 9.17) is 4.74 Å². The predicted octanol–water partition coefficient (Wildman–Crippen LogP) is 0.903. The van der Waals surface area contributed by atoms with Crippen molar-refractivity contribution in [3.05, 3.63) is 11.6 Å². The maximum atomic E-state index is 13.1. The molecule has 1 atom stereocenters. The lowest BCUT2D eigenvalue weighted by molar-refractivity contribution is -0.144. The molecule has 8 heteroatoms. The zero-order valence-corrected chi connectivity index (χ0v) is 15.9. The molecule has 0 radical (unpaired) electrons. The zero-order valence-electron chi connectivity index (χ0n) is 15.9. The molecule has 0 aliphatic carbocycles. The van der Waals surface area contributed by atoms with E-state index in [1.807, 2.05) is 30.6 Å². The Hall–Kier alpha value is -1.98. The Kier molecular flexibility index (Phi) is 5.58. The van der Waals surface area contributed by atoms with Crippen molar-refractivity contribution in [1.29, 1.82) is 5.26 Å². The van der Waals surface area contributed by atoms with Crippen molar-refractivity contribution in [2.45, 2.75) is 38.1 Å². The summed E-state index contributed by atoms with van der Waals surface area (Å²) in [6.45, 7) is 3.01. The van der Waals surface area contributed by atoms with Gasteiger partial charge in [0.2, 0.25) is 5.91 Å². The molecule has 0 bridgehead atoms. The third-order valence-electron chi connectivity index (χ3n) is 5.50. The molecule has 26 heavy (non-hydrogen) atoms. The van der Waals surface area contributed by atoms with Gasteiger partial charge in [-0.15, -0.1) is 10.2 Å². The standard InChI is InChI=1S/C18H28N6O2/c1-22(2)12-15-20-21-16(23(15)3)14-5-4-8-24(11-14)17(25)18(13-19)6-9-26-10-7-18/h14H,4-12H2,1-3H3/t14-/m0/s1. The number of ether oxygens (including phenoxy) is 1. The summed E-state index contributed by atoms with van der Waals surface area (Å²) >= 11 is 0. The van der Waals surface area contributed by atoms with Crippen LogP contribution in [0.3, 0.4) is 0 Å². The van der Waals surface area contributed by atoms with Crippen LogP contribution >= 0.6 is 0 Å². The van der Waals surface area contributed by atoms with Gasteiger partial charge in [0.15, 0.2) is 0 Å². The smallest absolute Gasteiger partial charge is 0.243 e. The first-order valence-corrected chi connectivity index (χ1v) is 9.28. The van der Waals surface area contributed by atoms with E-state index in [9.17, 15) is 10.1 Å². The topological polar surface area (TPSA) is 87.3 Å². The zero-order chi connectivity index (χ0) is 18.7. The van der Waals surface area contributed by atoms with E-state index in [1.165, 1.54) is 0 Å². The third kappa shape index (κ3) is 3.60. The van der Waals surface area contributed by atoms with Crippen LogP contribution in [0.1, 0.15) is 43.3 Å². The Morgan fingerprint density at radius 1 is 1.38 bits per heavy atom. The van der Waals surface area contributed by atoms with Crippen LogP contribution in [0.4, 0.5) is 0 Å². The fraction of sp³-hybridized carbons (Fsp3) is 0.778. The number of nitrogens with zero attached hydrogens (tertiary/aromatic N) is 6. The van der Waals surface area contributed by atoms with Crippen molar-refractivity contribution in [3.63, 3.8) is 0 Å². The molecule has 2 aliphatic heterocycles. The second-order valence-corrected chi connectivity index (χ2v) is 7.67. The van der Waals surface area contributed by atoms with E-state index in [2.05, 4.69) is 21.2 Å². The van der Waals surface area contributed by atoms with Gasteiger partial charge in [0, 0.05) is 39.3 Å². The molecule has 2 aliphatic rings. The van der Waals surface area contributed by atoms with Crippen LogP contribution in [0, 0.1) is 16.7 Å². The Morgan fingerprint density at radius 2 is 2.12 bits per heavy atom. The largest absolute Gasteiger partial charge is 0.381 e. The highest BCUT2D eigenvalue weighted by molar-refractivity contribution is 5.85. The Balaban J connectivity index is 1.74. The number of piperidine rings is 1. The molecule has 2 fully saturated rings. The molecule has 0 unspecified atom stereocenters. The van der Waals surface area contributed by atoms with Gasteiger partial charge in [-0.05, 0) is 39.8 Å². The first-order valence-electron chi connectivity index (χ1n) is 9.28. The molecule has 8 nitrogen and oxygen atoms in total. The van der Waals surface area contributed by atoms with E-state index in [0.717, 1.165) is 31.0 Å². The van der Waals surface area contributed by atoms with E-state index in [-0.39, 0.29) is 11.8 Å². The average molecular weight is 360 g/mol. The molecule has 1 aromatic heterocycles. The molecule has 142 valence electrons. The van der Waals surface area contributed by atoms with E-state index >= 15 is 0 Å². The number of carbonyl (C=O) groups is 1. The summed E-state index contributed by atoms with van der Waals surface area (Å²) in [5.41, 5.74) is -0.921. The number of hydrogen-bond donors (Lipinski definition) is 0. The summed E-state index contributed by atoms with van der Waals surface area (Å²) in [5, 5.41) is 18.4. The number of likely N-dealkylation sites (tertiary alicyclic amines) is 1. The lowest BCUT2D eigenvalue weighted by atomic mass is 9.79. The molecule has 0 N–H and O–H groups in total. The van der Waals surface area contributed by atoms with Gasteiger partial charge < -0.3 is 19.1 Å². The Bertz CT molecular complexity index is 686. The highest BCUT2D eigenvalue weighted by Gasteiger charge is 2.44. The summed E-state index contributed by atoms with van der Waals surface area (Å²) in [6, 6.07) is 2.30. The first-order chi connectivity index (χ1) is 12.5. The maximum Gasteiger partial charge on any atom is 0.243 e. The monoisotopic (exact) mass is 360 g/mol. The lowest BCUT2D eigenvalue weighted by Crippen LogP contribution is -2.49.